The van der Waals surface area contributed by atoms with Crippen LogP contribution in [0, 0.1) is 0 Å². The highest BCUT2D eigenvalue weighted by atomic mass is 79.9. The van der Waals surface area contributed by atoms with Crippen molar-refractivity contribution in [3.63, 3.8) is 0 Å². The average molecular weight is 335 g/mol. The standard InChI is InChI=1S/C10H13Br2N3/c11-7-5-9(12)10(14-6-7)15-3-1-8(13)2-4-15/h5-6,8H,1-4,13H2. The molecule has 82 valence electrons. The summed E-state index contributed by atoms with van der Waals surface area (Å²) in [6.45, 7) is 1.99. The first kappa shape index (κ1) is 11.4. The van der Waals surface area contributed by atoms with E-state index in [1.807, 2.05) is 12.3 Å². The first-order chi connectivity index (χ1) is 7.16. The fourth-order valence-corrected chi connectivity index (χ4v) is 2.99. The molecule has 0 aromatic carbocycles. The van der Waals surface area contributed by atoms with Crippen molar-refractivity contribution in [2.24, 2.45) is 5.73 Å². The summed E-state index contributed by atoms with van der Waals surface area (Å²) in [5.74, 6) is 1.02. The molecule has 2 N–H and O–H groups in total. The van der Waals surface area contributed by atoms with Crippen molar-refractivity contribution in [2.75, 3.05) is 18.0 Å². The molecular formula is C10H13Br2N3. The number of nitrogens with two attached hydrogens (primary N) is 1. The number of halogens is 2. The van der Waals surface area contributed by atoms with Gasteiger partial charge >= 0.3 is 0 Å². The van der Waals surface area contributed by atoms with Gasteiger partial charge in [-0.05, 0) is 50.8 Å². The Hall–Kier alpha value is -0.130. The number of rotatable bonds is 1. The highest BCUT2D eigenvalue weighted by molar-refractivity contribution is 9.11. The molecule has 0 aliphatic carbocycles. The minimum absolute atomic E-state index is 0.357. The highest BCUT2D eigenvalue weighted by Crippen LogP contribution is 2.28. The fourth-order valence-electron chi connectivity index (χ4n) is 1.75. The van der Waals surface area contributed by atoms with Crippen LogP contribution in [0.5, 0.6) is 0 Å². The molecule has 5 heteroatoms. The lowest BCUT2D eigenvalue weighted by atomic mass is 10.1. The van der Waals surface area contributed by atoms with Crippen LogP contribution in [-0.4, -0.2) is 24.1 Å². The Morgan fingerprint density at radius 1 is 1.33 bits per heavy atom. The maximum Gasteiger partial charge on any atom is 0.142 e. The second-order valence-electron chi connectivity index (χ2n) is 3.78. The van der Waals surface area contributed by atoms with Crippen molar-refractivity contribution in [1.82, 2.24) is 4.98 Å². The van der Waals surface area contributed by atoms with Gasteiger partial charge in [0.05, 0.1) is 4.47 Å². The SMILES string of the molecule is NC1CCN(c2ncc(Br)cc2Br)CC1. The third kappa shape index (κ3) is 2.71. The van der Waals surface area contributed by atoms with Crippen LogP contribution in [0.1, 0.15) is 12.8 Å². The molecule has 0 atom stereocenters. The third-order valence-electron chi connectivity index (χ3n) is 2.63. The lowest BCUT2D eigenvalue weighted by Crippen LogP contribution is -2.40. The smallest absolute Gasteiger partial charge is 0.142 e. The van der Waals surface area contributed by atoms with Gasteiger partial charge in [0.25, 0.3) is 0 Å². The zero-order chi connectivity index (χ0) is 10.8. The van der Waals surface area contributed by atoms with Gasteiger partial charge in [-0.2, -0.15) is 0 Å². The molecule has 0 amide bonds. The largest absolute Gasteiger partial charge is 0.356 e. The van der Waals surface area contributed by atoms with Gasteiger partial charge in [0.2, 0.25) is 0 Å². The number of anilines is 1. The van der Waals surface area contributed by atoms with Crippen LogP contribution in [-0.2, 0) is 0 Å². The summed E-state index contributed by atoms with van der Waals surface area (Å²) in [6, 6.07) is 2.38. The van der Waals surface area contributed by atoms with Crippen molar-refractivity contribution >= 4 is 37.7 Å². The number of pyridine rings is 1. The Morgan fingerprint density at radius 3 is 2.60 bits per heavy atom. The topological polar surface area (TPSA) is 42.1 Å². The van der Waals surface area contributed by atoms with Gasteiger partial charge in [0, 0.05) is 29.8 Å². The van der Waals surface area contributed by atoms with Gasteiger partial charge in [-0.15, -0.1) is 0 Å². The molecule has 1 aromatic rings. The van der Waals surface area contributed by atoms with E-state index >= 15 is 0 Å². The molecule has 0 bridgehead atoms. The van der Waals surface area contributed by atoms with Crippen molar-refractivity contribution in [3.8, 4) is 0 Å². The van der Waals surface area contributed by atoms with Crippen LogP contribution >= 0.6 is 31.9 Å². The lowest BCUT2D eigenvalue weighted by molar-refractivity contribution is 0.498. The van der Waals surface area contributed by atoms with Gasteiger partial charge in [0.15, 0.2) is 0 Å². The maximum atomic E-state index is 5.87. The number of hydrogen-bond acceptors (Lipinski definition) is 3. The van der Waals surface area contributed by atoms with Crippen LogP contribution in [0.2, 0.25) is 0 Å². The van der Waals surface area contributed by atoms with Crippen LogP contribution < -0.4 is 10.6 Å². The minimum Gasteiger partial charge on any atom is -0.356 e. The molecule has 0 saturated carbocycles. The molecular weight excluding hydrogens is 322 g/mol. The van der Waals surface area contributed by atoms with Crippen molar-refractivity contribution in [2.45, 2.75) is 18.9 Å². The van der Waals surface area contributed by atoms with E-state index in [1.165, 1.54) is 0 Å². The molecule has 1 fully saturated rings. The average Bonchev–Trinajstić information content (AvgIpc) is 2.20. The molecule has 3 nitrogen and oxygen atoms in total. The lowest BCUT2D eigenvalue weighted by Gasteiger charge is -2.31. The van der Waals surface area contributed by atoms with E-state index in [0.29, 0.717) is 6.04 Å². The predicted octanol–water partition coefficient (Wildman–Crippen LogP) is 2.53. The van der Waals surface area contributed by atoms with E-state index in [0.717, 1.165) is 40.7 Å². The molecule has 0 spiro atoms. The molecule has 1 aromatic heterocycles. The van der Waals surface area contributed by atoms with Crippen LogP contribution in [0.3, 0.4) is 0 Å². The zero-order valence-corrected chi connectivity index (χ0v) is 11.5. The fraction of sp³-hybridized carbons (Fsp3) is 0.500. The number of hydrogen-bond donors (Lipinski definition) is 1. The molecule has 2 rings (SSSR count). The van der Waals surface area contributed by atoms with E-state index in [9.17, 15) is 0 Å². The van der Waals surface area contributed by atoms with Gasteiger partial charge in [-0.3, -0.25) is 0 Å². The molecule has 1 saturated heterocycles. The minimum atomic E-state index is 0.357. The Balaban J connectivity index is 2.15. The Morgan fingerprint density at radius 2 is 2.00 bits per heavy atom. The van der Waals surface area contributed by atoms with E-state index in [2.05, 4.69) is 41.7 Å². The van der Waals surface area contributed by atoms with Crippen LogP contribution in [0.4, 0.5) is 5.82 Å². The van der Waals surface area contributed by atoms with Gasteiger partial charge < -0.3 is 10.6 Å². The Kier molecular flexibility index (Phi) is 3.64. The molecule has 1 aliphatic heterocycles. The first-order valence-corrected chi connectivity index (χ1v) is 6.57. The number of aromatic nitrogens is 1. The first-order valence-electron chi connectivity index (χ1n) is 4.98. The summed E-state index contributed by atoms with van der Waals surface area (Å²) in [5, 5.41) is 0. The van der Waals surface area contributed by atoms with E-state index < -0.39 is 0 Å². The molecule has 1 aliphatic rings. The monoisotopic (exact) mass is 333 g/mol. The molecule has 0 unspecified atom stereocenters. The zero-order valence-electron chi connectivity index (χ0n) is 8.29. The molecule has 15 heavy (non-hydrogen) atoms. The number of nitrogens with zero attached hydrogens (tertiary/aromatic N) is 2. The summed E-state index contributed by atoms with van der Waals surface area (Å²) in [5.41, 5.74) is 5.87. The highest BCUT2D eigenvalue weighted by Gasteiger charge is 2.18. The van der Waals surface area contributed by atoms with Crippen LogP contribution in [0.15, 0.2) is 21.2 Å². The summed E-state index contributed by atoms with van der Waals surface area (Å²) in [4.78, 5) is 6.70. The second-order valence-corrected chi connectivity index (χ2v) is 5.55. The molecule has 0 radical (unpaired) electrons. The third-order valence-corrected chi connectivity index (χ3v) is 3.64. The van der Waals surface area contributed by atoms with Crippen molar-refractivity contribution in [3.05, 3.63) is 21.2 Å². The normalized spacial score (nSPS) is 18.2. The second kappa shape index (κ2) is 4.80. The molecule has 2 heterocycles. The summed E-state index contributed by atoms with van der Waals surface area (Å²) in [6.07, 6.45) is 3.92. The van der Waals surface area contributed by atoms with E-state index in [-0.39, 0.29) is 0 Å². The van der Waals surface area contributed by atoms with Crippen molar-refractivity contribution < 1.29 is 0 Å². The summed E-state index contributed by atoms with van der Waals surface area (Å²) in [7, 11) is 0. The summed E-state index contributed by atoms with van der Waals surface area (Å²) < 4.78 is 2.03. The van der Waals surface area contributed by atoms with Crippen molar-refractivity contribution in [1.29, 1.82) is 0 Å². The Bertz CT molecular complexity index is 349. The van der Waals surface area contributed by atoms with E-state index in [1.54, 1.807) is 0 Å². The summed E-state index contributed by atoms with van der Waals surface area (Å²) >= 11 is 6.93. The number of piperidine rings is 1. The maximum absolute atomic E-state index is 5.87. The van der Waals surface area contributed by atoms with Gasteiger partial charge in [-0.25, -0.2) is 4.98 Å². The predicted molar refractivity (Wildman–Crippen MR) is 69.1 cm³/mol. The van der Waals surface area contributed by atoms with Gasteiger partial charge in [0.1, 0.15) is 5.82 Å². The van der Waals surface area contributed by atoms with E-state index in [4.69, 9.17) is 5.73 Å². The Labute approximate surface area is 106 Å². The van der Waals surface area contributed by atoms with Crippen LogP contribution in [0.25, 0.3) is 0 Å². The van der Waals surface area contributed by atoms with Gasteiger partial charge in [-0.1, -0.05) is 0 Å². The quantitative estimate of drug-likeness (QED) is 0.858.